The van der Waals surface area contributed by atoms with E-state index in [-0.39, 0.29) is 29.3 Å². The molecule has 0 fully saturated rings. The van der Waals surface area contributed by atoms with Crippen LogP contribution in [0.15, 0.2) is 45.6 Å². The summed E-state index contributed by atoms with van der Waals surface area (Å²) in [5.41, 5.74) is -1.51. The van der Waals surface area contributed by atoms with Crippen LogP contribution in [0.5, 0.6) is 0 Å². The minimum absolute atomic E-state index is 0.0950. The lowest BCUT2D eigenvalue weighted by atomic mass is 10.1. The molecule has 11 nitrogen and oxygen atoms in total. The molecule has 0 atom stereocenters. The van der Waals surface area contributed by atoms with Gasteiger partial charge in [-0.05, 0) is 24.3 Å². The van der Waals surface area contributed by atoms with Crippen LogP contribution in [0.2, 0.25) is 0 Å². The van der Waals surface area contributed by atoms with E-state index in [9.17, 15) is 30.3 Å². The number of methoxy groups -OCH3 is 1. The van der Waals surface area contributed by atoms with Crippen molar-refractivity contribution in [2.24, 2.45) is 0 Å². The van der Waals surface area contributed by atoms with Crippen molar-refractivity contribution in [1.29, 1.82) is 5.26 Å². The van der Waals surface area contributed by atoms with Gasteiger partial charge in [-0.15, -0.1) is 0 Å². The first-order valence-corrected chi connectivity index (χ1v) is 8.71. The summed E-state index contributed by atoms with van der Waals surface area (Å²) in [4.78, 5) is 35.8. The second-order valence-corrected chi connectivity index (χ2v) is 6.21. The number of non-ortho nitro benzene ring substituents is 1. The first kappa shape index (κ1) is 21.2. The number of aromatic amines is 1. The Morgan fingerprint density at radius 2 is 1.97 bits per heavy atom. The molecule has 2 aromatic heterocycles. The zero-order chi connectivity index (χ0) is 22.5. The number of nitro benzene ring substituents is 1. The van der Waals surface area contributed by atoms with Crippen molar-refractivity contribution in [2.45, 2.75) is 6.61 Å². The Labute approximate surface area is 174 Å². The molecule has 1 aromatic carbocycles. The first-order chi connectivity index (χ1) is 14.8. The third-order valence-electron chi connectivity index (χ3n) is 4.28. The smallest absolute Gasteiger partial charge is 0.299 e. The topological polar surface area (TPSA) is 165 Å². The van der Waals surface area contributed by atoms with E-state index in [1.807, 2.05) is 0 Å². The molecule has 156 valence electrons. The third kappa shape index (κ3) is 4.39. The summed E-state index contributed by atoms with van der Waals surface area (Å²) in [6.07, 6.45) is 2.66. The van der Waals surface area contributed by atoms with Crippen molar-refractivity contribution < 1.29 is 19.0 Å². The molecule has 0 aliphatic carbocycles. The van der Waals surface area contributed by atoms with E-state index < -0.39 is 26.7 Å². The Bertz CT molecular complexity index is 1300. The van der Waals surface area contributed by atoms with E-state index in [1.165, 1.54) is 37.5 Å². The summed E-state index contributed by atoms with van der Waals surface area (Å²) in [5, 5.41) is 31.7. The van der Waals surface area contributed by atoms with Crippen molar-refractivity contribution in [1.82, 2.24) is 4.98 Å². The minimum atomic E-state index is -0.781. The monoisotopic (exact) mass is 422 g/mol. The van der Waals surface area contributed by atoms with Crippen LogP contribution >= 0.6 is 0 Å². The molecular weight excluding hydrogens is 408 g/mol. The normalized spacial score (nSPS) is 10.8. The van der Waals surface area contributed by atoms with E-state index in [4.69, 9.17) is 9.15 Å². The van der Waals surface area contributed by atoms with Gasteiger partial charge in [-0.3, -0.25) is 25.0 Å². The number of ether oxygens (including phenoxy) is 1. The van der Waals surface area contributed by atoms with Crippen LogP contribution < -0.4 is 5.56 Å². The Balaban J connectivity index is 2.01. The number of hydrogen-bond donors (Lipinski definition) is 1. The number of pyridine rings is 1. The van der Waals surface area contributed by atoms with E-state index in [0.717, 1.165) is 0 Å². The Morgan fingerprint density at radius 1 is 1.19 bits per heavy atom. The summed E-state index contributed by atoms with van der Waals surface area (Å²) in [6.45, 7) is -0.290. The van der Waals surface area contributed by atoms with Crippen molar-refractivity contribution in [3.8, 4) is 17.4 Å². The molecule has 3 rings (SSSR count). The fourth-order valence-electron chi connectivity index (χ4n) is 2.93. The van der Waals surface area contributed by atoms with Crippen molar-refractivity contribution in [3.05, 3.63) is 89.6 Å². The highest BCUT2D eigenvalue weighted by Gasteiger charge is 2.25. The van der Waals surface area contributed by atoms with Crippen molar-refractivity contribution >= 4 is 23.5 Å². The molecular formula is C20H14N4O7. The number of aromatic nitrogens is 1. The summed E-state index contributed by atoms with van der Waals surface area (Å²) >= 11 is 0. The van der Waals surface area contributed by atoms with Gasteiger partial charge in [0.2, 0.25) is 0 Å². The van der Waals surface area contributed by atoms with Crippen LogP contribution in [0.25, 0.3) is 23.5 Å². The molecule has 0 spiro atoms. The zero-order valence-electron chi connectivity index (χ0n) is 16.0. The predicted molar refractivity (Wildman–Crippen MR) is 109 cm³/mol. The van der Waals surface area contributed by atoms with E-state index >= 15 is 0 Å². The Morgan fingerprint density at radius 3 is 2.61 bits per heavy atom. The molecule has 0 aliphatic heterocycles. The summed E-state index contributed by atoms with van der Waals surface area (Å²) in [6, 6.07) is 10.7. The van der Waals surface area contributed by atoms with Gasteiger partial charge in [0.15, 0.2) is 0 Å². The lowest BCUT2D eigenvalue weighted by Crippen LogP contribution is -2.18. The molecule has 1 N–H and O–H groups in total. The molecule has 0 saturated carbocycles. The number of nitrogens with zero attached hydrogens (tertiary/aromatic N) is 3. The number of nitro groups is 2. The van der Waals surface area contributed by atoms with Gasteiger partial charge in [-0.1, -0.05) is 12.1 Å². The quantitative estimate of drug-likeness (QED) is 0.445. The summed E-state index contributed by atoms with van der Waals surface area (Å²) in [5.74, 6) is 0.639. The number of hydrogen-bond acceptors (Lipinski definition) is 8. The van der Waals surface area contributed by atoms with E-state index in [0.29, 0.717) is 11.3 Å². The summed E-state index contributed by atoms with van der Waals surface area (Å²) in [7, 11) is 1.29. The number of furan rings is 1. The highest BCUT2D eigenvalue weighted by atomic mass is 16.6. The maximum Gasteiger partial charge on any atom is 0.299 e. The molecule has 3 aromatic rings. The number of nitriles is 1. The van der Waals surface area contributed by atoms with Crippen molar-refractivity contribution in [3.63, 3.8) is 0 Å². The number of H-pyrrole nitrogens is 1. The number of rotatable bonds is 7. The standard InChI is InChI=1S/C20H14N4O7/c1-30-11-16-15(10-21)20(25)22-17(19(16)24(28)29)7-5-14-6-8-18(31-14)12-3-2-4-13(9-12)23(26)27/h2-9H,11H2,1H3,(H,22,25)/b7-5+. The van der Waals surface area contributed by atoms with Gasteiger partial charge in [0.05, 0.1) is 22.0 Å². The fraction of sp³-hybridized carbons (Fsp3) is 0.100. The minimum Gasteiger partial charge on any atom is -0.457 e. The molecule has 31 heavy (non-hydrogen) atoms. The van der Waals surface area contributed by atoms with Gasteiger partial charge in [-0.2, -0.15) is 5.26 Å². The van der Waals surface area contributed by atoms with E-state index in [2.05, 4.69) is 4.98 Å². The lowest BCUT2D eigenvalue weighted by Gasteiger charge is -2.06. The van der Waals surface area contributed by atoms with Gasteiger partial charge in [0.1, 0.15) is 28.8 Å². The van der Waals surface area contributed by atoms with Crippen LogP contribution in [-0.2, 0) is 11.3 Å². The zero-order valence-corrected chi connectivity index (χ0v) is 16.0. The fourth-order valence-corrected chi connectivity index (χ4v) is 2.93. The maximum absolute atomic E-state index is 12.2. The van der Waals surface area contributed by atoms with Gasteiger partial charge in [0.25, 0.3) is 16.9 Å². The van der Waals surface area contributed by atoms with Gasteiger partial charge in [-0.25, -0.2) is 0 Å². The van der Waals surface area contributed by atoms with Crippen LogP contribution in [0, 0.1) is 31.6 Å². The van der Waals surface area contributed by atoms with Crippen LogP contribution in [0.4, 0.5) is 11.4 Å². The molecule has 0 aliphatic rings. The second-order valence-electron chi connectivity index (χ2n) is 6.21. The average Bonchev–Trinajstić information content (AvgIpc) is 3.21. The molecule has 2 heterocycles. The van der Waals surface area contributed by atoms with Crippen LogP contribution in [-0.4, -0.2) is 21.9 Å². The highest BCUT2D eigenvalue weighted by molar-refractivity contribution is 5.73. The van der Waals surface area contributed by atoms with Crippen LogP contribution in [0.3, 0.4) is 0 Å². The molecule has 11 heteroatoms. The summed E-state index contributed by atoms with van der Waals surface area (Å²) < 4.78 is 10.5. The lowest BCUT2D eigenvalue weighted by molar-refractivity contribution is -0.386. The maximum atomic E-state index is 12.2. The first-order valence-electron chi connectivity index (χ1n) is 8.71. The van der Waals surface area contributed by atoms with Gasteiger partial charge < -0.3 is 14.1 Å². The van der Waals surface area contributed by atoms with Crippen LogP contribution in [0.1, 0.15) is 22.6 Å². The average molecular weight is 422 g/mol. The predicted octanol–water partition coefficient (Wildman–Crippen LogP) is 3.64. The largest absolute Gasteiger partial charge is 0.457 e. The second kappa shape index (κ2) is 8.85. The molecule has 0 unspecified atom stereocenters. The third-order valence-corrected chi connectivity index (χ3v) is 4.28. The van der Waals surface area contributed by atoms with Gasteiger partial charge in [0, 0.05) is 24.8 Å². The molecule has 0 radical (unpaired) electrons. The van der Waals surface area contributed by atoms with E-state index in [1.54, 1.807) is 24.3 Å². The highest BCUT2D eigenvalue weighted by Crippen LogP contribution is 2.28. The Kier molecular flexibility index (Phi) is 6.04. The van der Waals surface area contributed by atoms with Gasteiger partial charge >= 0.3 is 0 Å². The van der Waals surface area contributed by atoms with Crippen molar-refractivity contribution in [2.75, 3.05) is 7.11 Å². The molecule has 0 bridgehead atoms. The SMILES string of the molecule is COCc1c([N+](=O)[O-])c(/C=C/c2ccc(-c3cccc([N+](=O)[O-])c3)o2)[nH]c(=O)c1C#N. The molecule has 0 saturated heterocycles. The molecule has 0 amide bonds. The Hall–Kier alpha value is -4.56. The number of nitrogens with one attached hydrogen (secondary N) is 1. The number of benzene rings is 1.